The summed E-state index contributed by atoms with van der Waals surface area (Å²) in [7, 11) is -3.83. The molecule has 3 aromatic rings. The number of hydrogen-bond donors (Lipinski definition) is 3. The summed E-state index contributed by atoms with van der Waals surface area (Å²) in [6.07, 6.45) is 4.10. The summed E-state index contributed by atoms with van der Waals surface area (Å²) >= 11 is 0. The Morgan fingerprint density at radius 3 is 2.67 bits per heavy atom. The zero-order chi connectivity index (χ0) is 21.3. The quantitative estimate of drug-likeness (QED) is 0.583. The number of likely N-dealkylation sites (tertiary alicyclic amines) is 1. The first-order valence-electron chi connectivity index (χ1n) is 10.0. The summed E-state index contributed by atoms with van der Waals surface area (Å²) in [5.41, 5.74) is 3.49. The van der Waals surface area contributed by atoms with Crippen LogP contribution in [0.3, 0.4) is 0 Å². The number of carbonyl (C=O) groups excluding carboxylic acids is 1. The van der Waals surface area contributed by atoms with Crippen molar-refractivity contribution in [2.24, 2.45) is 5.14 Å². The van der Waals surface area contributed by atoms with Crippen molar-refractivity contribution in [1.82, 2.24) is 9.88 Å². The lowest BCUT2D eigenvalue weighted by atomic mass is 9.89. The topological polar surface area (TPSA) is 108 Å². The van der Waals surface area contributed by atoms with Crippen LogP contribution in [0.4, 0.5) is 5.69 Å². The van der Waals surface area contributed by atoms with Gasteiger partial charge in [-0.1, -0.05) is 24.3 Å². The Balaban J connectivity index is 1.35. The number of aromatic amines is 1. The van der Waals surface area contributed by atoms with Gasteiger partial charge in [0.25, 0.3) is 0 Å². The number of amides is 1. The molecule has 1 saturated heterocycles. The number of nitrogens with two attached hydrogens (primary N) is 1. The Kier molecular flexibility index (Phi) is 5.64. The maximum Gasteiger partial charge on any atom is 0.238 e. The molecule has 1 fully saturated rings. The number of aryl methyl sites for hydroxylation is 1. The molecule has 7 nitrogen and oxygen atoms in total. The summed E-state index contributed by atoms with van der Waals surface area (Å²) < 4.78 is 23.3. The highest BCUT2D eigenvalue weighted by molar-refractivity contribution is 7.89. The number of piperidine rings is 1. The number of hydrogen-bond acceptors (Lipinski definition) is 4. The number of fused-ring (bicyclic) bond motifs is 1. The fourth-order valence-corrected chi connectivity index (χ4v) is 5.03. The molecule has 0 atom stereocenters. The number of nitrogens with one attached hydrogen (secondary N) is 2. The molecule has 2 heterocycles. The van der Waals surface area contributed by atoms with E-state index in [9.17, 15) is 13.2 Å². The second-order valence-electron chi connectivity index (χ2n) is 7.91. The zero-order valence-corrected chi connectivity index (χ0v) is 17.7. The minimum atomic E-state index is -3.83. The van der Waals surface area contributed by atoms with Crippen molar-refractivity contribution in [1.29, 1.82) is 0 Å². The number of sulfonamides is 1. The molecule has 4 N–H and O–H groups in total. The molecule has 0 unspecified atom stereocenters. The summed E-state index contributed by atoms with van der Waals surface area (Å²) in [5, 5.41) is 9.31. The van der Waals surface area contributed by atoms with E-state index in [0.29, 0.717) is 17.2 Å². The standard InChI is InChI=1S/C22H26N4O3S/c1-15-6-7-17(12-21(15)30(23,28)29)25-22(27)14-26-10-8-16(9-11-26)19-13-24-20-5-3-2-4-18(19)20/h2-7,12-13,16,24H,8-11,14H2,1H3,(H,25,27)(H2,23,28,29). The van der Waals surface area contributed by atoms with Crippen LogP contribution in [0.1, 0.15) is 29.9 Å². The third-order valence-corrected chi connectivity index (χ3v) is 6.85. The van der Waals surface area contributed by atoms with E-state index in [1.54, 1.807) is 19.1 Å². The molecule has 158 valence electrons. The van der Waals surface area contributed by atoms with E-state index >= 15 is 0 Å². The minimum Gasteiger partial charge on any atom is -0.361 e. The van der Waals surface area contributed by atoms with Crippen LogP contribution in [0, 0.1) is 6.92 Å². The van der Waals surface area contributed by atoms with Crippen molar-refractivity contribution in [2.45, 2.75) is 30.6 Å². The fraction of sp³-hybridized carbons (Fsp3) is 0.318. The molecule has 0 bridgehead atoms. The maximum atomic E-state index is 12.5. The molecule has 1 amide bonds. The fourth-order valence-electron chi connectivity index (χ4n) is 4.22. The Morgan fingerprint density at radius 1 is 1.20 bits per heavy atom. The zero-order valence-electron chi connectivity index (χ0n) is 16.9. The maximum absolute atomic E-state index is 12.5. The number of H-pyrrole nitrogens is 1. The molecule has 8 heteroatoms. The lowest BCUT2D eigenvalue weighted by Gasteiger charge is -2.31. The van der Waals surface area contributed by atoms with Gasteiger partial charge in [-0.3, -0.25) is 9.69 Å². The summed E-state index contributed by atoms with van der Waals surface area (Å²) in [4.78, 5) is 18.0. The van der Waals surface area contributed by atoms with Gasteiger partial charge < -0.3 is 10.3 Å². The third-order valence-electron chi connectivity index (χ3n) is 5.79. The van der Waals surface area contributed by atoms with Crippen LogP contribution in [0.2, 0.25) is 0 Å². The van der Waals surface area contributed by atoms with Crippen LogP contribution in [0.5, 0.6) is 0 Å². The van der Waals surface area contributed by atoms with Crippen molar-refractivity contribution >= 4 is 32.5 Å². The summed E-state index contributed by atoms with van der Waals surface area (Å²) in [5.74, 6) is 0.319. The number of para-hydroxylation sites is 1. The molecule has 0 saturated carbocycles. The Labute approximate surface area is 176 Å². The average Bonchev–Trinajstić information content (AvgIpc) is 3.13. The molecule has 2 aromatic carbocycles. The number of aromatic nitrogens is 1. The van der Waals surface area contributed by atoms with Crippen LogP contribution in [-0.4, -0.2) is 43.8 Å². The lowest BCUT2D eigenvalue weighted by Crippen LogP contribution is -2.38. The first-order valence-corrected chi connectivity index (χ1v) is 11.6. The van der Waals surface area contributed by atoms with Crippen LogP contribution >= 0.6 is 0 Å². The van der Waals surface area contributed by atoms with Crippen LogP contribution in [0.25, 0.3) is 10.9 Å². The van der Waals surface area contributed by atoms with Gasteiger partial charge in [0.15, 0.2) is 0 Å². The van der Waals surface area contributed by atoms with E-state index in [0.717, 1.165) is 31.4 Å². The van der Waals surface area contributed by atoms with Crippen LogP contribution in [-0.2, 0) is 14.8 Å². The normalized spacial score (nSPS) is 16.1. The van der Waals surface area contributed by atoms with Gasteiger partial charge in [-0.25, -0.2) is 13.6 Å². The molecule has 30 heavy (non-hydrogen) atoms. The largest absolute Gasteiger partial charge is 0.361 e. The van der Waals surface area contributed by atoms with Crippen molar-refractivity contribution in [3.63, 3.8) is 0 Å². The third kappa shape index (κ3) is 4.40. The van der Waals surface area contributed by atoms with E-state index < -0.39 is 10.0 Å². The monoisotopic (exact) mass is 426 g/mol. The van der Waals surface area contributed by atoms with Crippen molar-refractivity contribution in [2.75, 3.05) is 25.0 Å². The van der Waals surface area contributed by atoms with Crippen molar-refractivity contribution in [3.8, 4) is 0 Å². The number of rotatable bonds is 5. The number of nitrogens with zero attached hydrogens (tertiary/aromatic N) is 1. The molecular formula is C22H26N4O3S. The van der Waals surface area contributed by atoms with Crippen molar-refractivity contribution < 1.29 is 13.2 Å². The van der Waals surface area contributed by atoms with E-state index in [4.69, 9.17) is 5.14 Å². The highest BCUT2D eigenvalue weighted by atomic mass is 32.2. The second-order valence-corrected chi connectivity index (χ2v) is 9.44. The average molecular weight is 427 g/mol. The van der Waals surface area contributed by atoms with E-state index in [1.807, 2.05) is 6.07 Å². The van der Waals surface area contributed by atoms with E-state index in [1.165, 1.54) is 17.0 Å². The number of carbonyl (C=O) groups is 1. The highest BCUT2D eigenvalue weighted by Gasteiger charge is 2.24. The van der Waals surface area contributed by atoms with Crippen LogP contribution < -0.4 is 10.5 Å². The highest BCUT2D eigenvalue weighted by Crippen LogP contribution is 2.33. The SMILES string of the molecule is Cc1ccc(NC(=O)CN2CCC(c3c[nH]c4ccccc34)CC2)cc1S(N)(=O)=O. The molecule has 1 aliphatic heterocycles. The molecule has 4 rings (SSSR count). The molecule has 0 spiro atoms. The summed E-state index contributed by atoms with van der Waals surface area (Å²) in [6.45, 7) is 3.63. The van der Waals surface area contributed by atoms with Gasteiger partial charge in [0.05, 0.1) is 11.4 Å². The van der Waals surface area contributed by atoms with Gasteiger partial charge in [-0.15, -0.1) is 0 Å². The number of benzene rings is 2. The van der Waals surface area contributed by atoms with Gasteiger partial charge in [-0.2, -0.15) is 0 Å². The van der Waals surface area contributed by atoms with Gasteiger partial charge in [-0.05, 0) is 68.1 Å². The van der Waals surface area contributed by atoms with E-state index in [-0.39, 0.29) is 17.3 Å². The number of primary sulfonamides is 1. The first kappa shape index (κ1) is 20.6. The van der Waals surface area contributed by atoms with Gasteiger partial charge in [0.2, 0.25) is 15.9 Å². The Bertz CT molecular complexity index is 1180. The smallest absolute Gasteiger partial charge is 0.238 e. The number of anilines is 1. The predicted molar refractivity (Wildman–Crippen MR) is 118 cm³/mol. The Hall–Kier alpha value is -2.68. The Morgan fingerprint density at radius 2 is 1.93 bits per heavy atom. The lowest BCUT2D eigenvalue weighted by molar-refractivity contribution is -0.117. The first-order chi connectivity index (χ1) is 14.3. The molecule has 0 aliphatic carbocycles. The van der Waals surface area contributed by atoms with Gasteiger partial charge in [0, 0.05) is 22.8 Å². The molecular weight excluding hydrogens is 400 g/mol. The molecule has 1 aliphatic rings. The predicted octanol–water partition coefficient (Wildman–Crippen LogP) is 2.94. The minimum absolute atomic E-state index is 0.0276. The van der Waals surface area contributed by atoms with E-state index in [2.05, 4.69) is 39.6 Å². The summed E-state index contributed by atoms with van der Waals surface area (Å²) in [6, 6.07) is 13.1. The van der Waals surface area contributed by atoms with Crippen molar-refractivity contribution in [3.05, 3.63) is 59.8 Å². The molecule has 1 aromatic heterocycles. The van der Waals surface area contributed by atoms with Gasteiger partial charge >= 0.3 is 0 Å². The van der Waals surface area contributed by atoms with Crippen LogP contribution in [0.15, 0.2) is 53.6 Å². The second kappa shape index (κ2) is 8.22. The molecule has 0 radical (unpaired) electrons. The van der Waals surface area contributed by atoms with Gasteiger partial charge in [0.1, 0.15) is 0 Å².